The molecule has 0 bridgehead atoms. The average molecular weight is 403 g/mol. The van der Waals surface area contributed by atoms with Crippen LogP contribution in [0.2, 0.25) is 0 Å². The molecule has 0 saturated carbocycles. The summed E-state index contributed by atoms with van der Waals surface area (Å²) >= 11 is 1.24. The Hall–Kier alpha value is -2.98. The molecule has 0 aliphatic heterocycles. The van der Waals surface area contributed by atoms with Crippen molar-refractivity contribution in [3.05, 3.63) is 89.0 Å². The van der Waals surface area contributed by atoms with Crippen LogP contribution < -0.4 is 4.74 Å². The van der Waals surface area contributed by atoms with E-state index in [0.29, 0.717) is 16.7 Å². The summed E-state index contributed by atoms with van der Waals surface area (Å²) in [6.07, 6.45) is -3.00. The van der Waals surface area contributed by atoms with E-state index in [2.05, 4.69) is 0 Å². The summed E-state index contributed by atoms with van der Waals surface area (Å²) in [7, 11) is 0. The van der Waals surface area contributed by atoms with Gasteiger partial charge in [0.15, 0.2) is 0 Å². The molecule has 0 N–H and O–H groups in total. The number of nitrogens with zero attached hydrogens (tertiary/aromatic N) is 1. The molecule has 0 atom stereocenters. The van der Waals surface area contributed by atoms with Gasteiger partial charge in [0, 0.05) is 28.8 Å². The largest absolute Gasteiger partial charge is 0.457 e. The molecule has 28 heavy (non-hydrogen) atoms. The topological polar surface area (TPSA) is 33.0 Å². The predicted molar refractivity (Wildman–Crippen MR) is 98.5 cm³/mol. The Labute approximate surface area is 163 Å². The number of alkyl halides is 2. The fraction of sp³-hybridized carbons (Fsp3) is 0.0952. The van der Waals surface area contributed by atoms with Gasteiger partial charge in [-0.2, -0.15) is 5.26 Å². The second-order valence-electron chi connectivity index (χ2n) is 5.74. The molecule has 0 unspecified atom stereocenters. The average Bonchev–Trinajstić information content (AvgIpc) is 2.66. The predicted octanol–water partition coefficient (Wildman–Crippen LogP) is 6.86. The summed E-state index contributed by atoms with van der Waals surface area (Å²) in [5, 5.41) is 9.45. The van der Waals surface area contributed by atoms with Gasteiger partial charge in [0.05, 0.1) is 11.1 Å². The Bertz CT molecular complexity index is 999. The Morgan fingerprint density at radius 3 is 2.25 bits per heavy atom. The maximum atomic E-state index is 13.7. The van der Waals surface area contributed by atoms with Gasteiger partial charge in [-0.15, -0.1) is 11.8 Å². The molecule has 0 heterocycles. The number of nitriles is 1. The van der Waals surface area contributed by atoms with Gasteiger partial charge in [0.25, 0.3) is 6.43 Å². The molecule has 0 aromatic heterocycles. The molecule has 3 rings (SSSR count). The first-order valence-corrected chi connectivity index (χ1v) is 9.12. The Morgan fingerprint density at radius 1 is 0.964 bits per heavy atom. The highest BCUT2D eigenvalue weighted by molar-refractivity contribution is 7.98. The molecule has 2 nitrogen and oxygen atoms in total. The van der Waals surface area contributed by atoms with Gasteiger partial charge < -0.3 is 4.74 Å². The second kappa shape index (κ2) is 8.81. The third-order valence-corrected chi connectivity index (χ3v) is 4.93. The first kappa shape index (κ1) is 19.8. The maximum absolute atomic E-state index is 13.7. The number of hydrogen-bond donors (Lipinski definition) is 0. The lowest BCUT2D eigenvalue weighted by Gasteiger charge is -2.15. The van der Waals surface area contributed by atoms with Gasteiger partial charge in [-0.25, -0.2) is 17.6 Å². The van der Waals surface area contributed by atoms with Crippen LogP contribution in [-0.2, 0) is 5.75 Å². The van der Waals surface area contributed by atoms with Crippen LogP contribution in [0.5, 0.6) is 11.5 Å². The summed E-state index contributed by atoms with van der Waals surface area (Å²) in [6, 6.07) is 16.3. The third kappa shape index (κ3) is 4.65. The molecule has 3 aromatic rings. The number of thioether (sulfide) groups is 1. The molecular formula is C21H13F4NOS. The molecule has 142 valence electrons. The van der Waals surface area contributed by atoms with Crippen molar-refractivity contribution in [1.82, 2.24) is 0 Å². The van der Waals surface area contributed by atoms with Gasteiger partial charge in [-0.1, -0.05) is 30.3 Å². The molecule has 0 fully saturated rings. The first-order valence-electron chi connectivity index (χ1n) is 8.13. The van der Waals surface area contributed by atoms with E-state index in [9.17, 15) is 22.8 Å². The quantitative estimate of drug-likeness (QED) is 0.333. The number of ether oxygens (including phenoxy) is 1. The maximum Gasteiger partial charge on any atom is 0.268 e. The van der Waals surface area contributed by atoms with Crippen LogP contribution in [-0.4, -0.2) is 0 Å². The van der Waals surface area contributed by atoms with Crippen molar-refractivity contribution in [3.8, 4) is 17.6 Å². The van der Waals surface area contributed by atoms with Crippen LogP contribution >= 0.6 is 11.8 Å². The van der Waals surface area contributed by atoms with E-state index in [1.165, 1.54) is 23.9 Å². The monoisotopic (exact) mass is 403 g/mol. The zero-order chi connectivity index (χ0) is 20.1. The number of rotatable bonds is 6. The van der Waals surface area contributed by atoms with Crippen LogP contribution in [0.15, 0.2) is 65.6 Å². The summed E-state index contributed by atoms with van der Waals surface area (Å²) in [6.45, 7) is 0. The van der Waals surface area contributed by atoms with Gasteiger partial charge in [0.1, 0.15) is 29.2 Å². The molecule has 0 aliphatic rings. The van der Waals surface area contributed by atoms with E-state index < -0.39 is 23.6 Å². The number of halogens is 4. The summed E-state index contributed by atoms with van der Waals surface area (Å²) < 4.78 is 59.3. The summed E-state index contributed by atoms with van der Waals surface area (Å²) in [5.74, 6) is -1.89. The van der Waals surface area contributed by atoms with Gasteiger partial charge >= 0.3 is 0 Å². The van der Waals surface area contributed by atoms with Crippen molar-refractivity contribution in [2.75, 3.05) is 0 Å². The lowest BCUT2D eigenvalue weighted by Crippen LogP contribution is -1.99. The van der Waals surface area contributed by atoms with Crippen LogP contribution in [0.4, 0.5) is 17.6 Å². The Balaban J connectivity index is 1.94. The van der Waals surface area contributed by atoms with Crippen molar-refractivity contribution in [1.29, 1.82) is 5.26 Å². The fourth-order valence-corrected chi connectivity index (χ4v) is 3.55. The molecule has 0 amide bonds. The minimum Gasteiger partial charge on any atom is -0.457 e. The molecule has 0 aliphatic carbocycles. The highest BCUT2D eigenvalue weighted by atomic mass is 32.2. The third-order valence-electron chi connectivity index (χ3n) is 3.80. The lowest BCUT2D eigenvalue weighted by atomic mass is 10.1. The van der Waals surface area contributed by atoms with Gasteiger partial charge in [-0.05, 0) is 17.7 Å². The second-order valence-corrected chi connectivity index (χ2v) is 6.76. The van der Waals surface area contributed by atoms with Crippen molar-refractivity contribution in [3.63, 3.8) is 0 Å². The Kier molecular flexibility index (Phi) is 6.22. The van der Waals surface area contributed by atoms with E-state index in [-0.39, 0.29) is 17.1 Å². The summed E-state index contributed by atoms with van der Waals surface area (Å²) in [5.41, 5.74) is 0.154. The highest BCUT2D eigenvalue weighted by Gasteiger charge is 2.23. The van der Waals surface area contributed by atoms with Gasteiger partial charge in [0.2, 0.25) is 0 Å². The SMILES string of the molecule is N#Cc1c(SCc2ccccc2)ccc(Oc2cc(F)cc(F)c2)c1C(F)F. The highest BCUT2D eigenvalue weighted by Crippen LogP contribution is 2.40. The van der Waals surface area contributed by atoms with E-state index in [1.807, 2.05) is 30.3 Å². The zero-order valence-corrected chi connectivity index (χ0v) is 15.2. The fourth-order valence-electron chi connectivity index (χ4n) is 2.57. The normalized spacial score (nSPS) is 10.7. The molecular weight excluding hydrogens is 390 g/mol. The van der Waals surface area contributed by atoms with Crippen LogP contribution in [0.3, 0.4) is 0 Å². The Morgan fingerprint density at radius 2 is 1.64 bits per heavy atom. The standard InChI is InChI=1S/C21H13F4NOS/c22-14-8-15(23)10-16(9-14)27-18-6-7-19(17(11-26)20(18)21(24)25)28-12-13-4-2-1-3-5-13/h1-10,21H,12H2. The smallest absolute Gasteiger partial charge is 0.268 e. The van der Waals surface area contributed by atoms with Crippen molar-refractivity contribution >= 4 is 11.8 Å². The van der Waals surface area contributed by atoms with Crippen LogP contribution in [0.1, 0.15) is 23.1 Å². The van der Waals surface area contributed by atoms with E-state index >= 15 is 0 Å². The zero-order valence-electron chi connectivity index (χ0n) is 14.3. The molecule has 0 saturated heterocycles. The van der Waals surface area contributed by atoms with Crippen molar-refractivity contribution in [2.24, 2.45) is 0 Å². The lowest BCUT2D eigenvalue weighted by molar-refractivity contribution is 0.147. The molecule has 0 radical (unpaired) electrons. The van der Waals surface area contributed by atoms with E-state index in [4.69, 9.17) is 4.74 Å². The summed E-state index contributed by atoms with van der Waals surface area (Å²) in [4.78, 5) is 0.374. The van der Waals surface area contributed by atoms with Crippen molar-refractivity contribution in [2.45, 2.75) is 17.1 Å². The number of benzene rings is 3. The minimum absolute atomic E-state index is 0.217. The van der Waals surface area contributed by atoms with Crippen LogP contribution in [0, 0.1) is 23.0 Å². The van der Waals surface area contributed by atoms with Crippen LogP contribution in [0.25, 0.3) is 0 Å². The van der Waals surface area contributed by atoms with Gasteiger partial charge in [-0.3, -0.25) is 0 Å². The molecule has 0 spiro atoms. The number of hydrogen-bond acceptors (Lipinski definition) is 3. The minimum atomic E-state index is -3.00. The van der Waals surface area contributed by atoms with E-state index in [1.54, 1.807) is 6.07 Å². The van der Waals surface area contributed by atoms with Crippen molar-refractivity contribution < 1.29 is 22.3 Å². The first-order chi connectivity index (χ1) is 13.5. The van der Waals surface area contributed by atoms with E-state index in [0.717, 1.165) is 17.7 Å². The molecule has 7 heteroatoms. The molecule has 3 aromatic carbocycles.